The Morgan fingerprint density at radius 2 is 2.24 bits per heavy atom. The normalized spacial score (nSPS) is 11.5. The Hall–Kier alpha value is -2.42. The van der Waals surface area contributed by atoms with E-state index in [2.05, 4.69) is 31.5 Å². The van der Waals surface area contributed by atoms with Crippen LogP contribution in [0.5, 0.6) is 0 Å². The number of aromatic nitrogens is 2. The molecule has 0 spiro atoms. The van der Waals surface area contributed by atoms with Crippen molar-refractivity contribution in [1.82, 2.24) is 9.78 Å². The summed E-state index contributed by atoms with van der Waals surface area (Å²) in [5.74, 6) is -1.38. The van der Waals surface area contributed by atoms with Crippen molar-refractivity contribution in [2.45, 2.75) is 0 Å². The molecular formula is C12H11BrFN5O2. The Balaban J connectivity index is 2.37. The molecule has 21 heavy (non-hydrogen) atoms. The van der Waals surface area contributed by atoms with Crippen LogP contribution in [0.2, 0.25) is 0 Å². The minimum absolute atomic E-state index is 0.143. The summed E-state index contributed by atoms with van der Waals surface area (Å²) in [6.45, 7) is 0. The summed E-state index contributed by atoms with van der Waals surface area (Å²) in [5, 5.41) is 17.9. The topological polar surface area (TPSA) is 106 Å². The largest absolute Gasteiger partial charge is 0.409 e. The summed E-state index contributed by atoms with van der Waals surface area (Å²) < 4.78 is 15.4. The molecule has 1 heterocycles. The number of benzene rings is 1. The second-order valence-corrected chi connectivity index (χ2v) is 4.93. The third kappa shape index (κ3) is 2.87. The standard InChI is InChI=1S/C12H11BrFN5O2/c1-19-11(7(5-16-19)10(15)18-21)17-12(20)6-3-2-4-8(13)9(6)14/h2-5,21H,1H3,(H2,15,18)(H,17,20). The van der Waals surface area contributed by atoms with E-state index in [0.717, 1.165) is 0 Å². The minimum Gasteiger partial charge on any atom is -0.409 e. The molecule has 0 atom stereocenters. The van der Waals surface area contributed by atoms with Crippen LogP contribution < -0.4 is 11.1 Å². The first kappa shape index (κ1) is 15.0. The number of amides is 1. The molecule has 0 aliphatic heterocycles. The summed E-state index contributed by atoms with van der Waals surface area (Å²) in [7, 11) is 1.56. The minimum atomic E-state index is -0.678. The van der Waals surface area contributed by atoms with Crippen molar-refractivity contribution in [2.24, 2.45) is 17.9 Å². The zero-order chi connectivity index (χ0) is 15.6. The zero-order valence-corrected chi connectivity index (χ0v) is 12.4. The molecular weight excluding hydrogens is 345 g/mol. The fourth-order valence-corrected chi connectivity index (χ4v) is 2.05. The number of hydrogen-bond donors (Lipinski definition) is 3. The van der Waals surface area contributed by atoms with Gasteiger partial charge < -0.3 is 16.3 Å². The van der Waals surface area contributed by atoms with Crippen LogP contribution in [0, 0.1) is 5.82 Å². The van der Waals surface area contributed by atoms with Gasteiger partial charge in [0, 0.05) is 7.05 Å². The van der Waals surface area contributed by atoms with Gasteiger partial charge >= 0.3 is 0 Å². The molecule has 0 radical (unpaired) electrons. The van der Waals surface area contributed by atoms with Crippen LogP contribution >= 0.6 is 15.9 Å². The number of anilines is 1. The number of nitrogens with two attached hydrogens (primary N) is 1. The third-order valence-electron chi connectivity index (χ3n) is 2.75. The molecule has 2 rings (SSSR count). The highest BCUT2D eigenvalue weighted by molar-refractivity contribution is 9.10. The Kier molecular flexibility index (Phi) is 4.22. The van der Waals surface area contributed by atoms with Crippen LogP contribution in [0.3, 0.4) is 0 Å². The monoisotopic (exact) mass is 355 g/mol. The number of carbonyl (C=O) groups excluding carboxylic acids is 1. The Morgan fingerprint density at radius 1 is 1.52 bits per heavy atom. The van der Waals surface area contributed by atoms with Gasteiger partial charge in [-0.05, 0) is 28.1 Å². The molecule has 0 saturated carbocycles. The molecule has 0 saturated heterocycles. The predicted octanol–water partition coefficient (Wildman–Crippen LogP) is 1.67. The van der Waals surface area contributed by atoms with Crippen LogP contribution in [0.4, 0.5) is 10.2 Å². The van der Waals surface area contributed by atoms with Crippen molar-refractivity contribution >= 4 is 33.5 Å². The Labute approximate surface area is 127 Å². The average molecular weight is 356 g/mol. The van der Waals surface area contributed by atoms with Gasteiger partial charge in [0.25, 0.3) is 5.91 Å². The number of oxime groups is 1. The molecule has 1 amide bonds. The highest BCUT2D eigenvalue weighted by Crippen LogP contribution is 2.21. The maximum Gasteiger partial charge on any atom is 0.259 e. The molecule has 2 aromatic rings. The van der Waals surface area contributed by atoms with Crippen molar-refractivity contribution in [3.05, 3.63) is 45.8 Å². The molecule has 7 nitrogen and oxygen atoms in total. The van der Waals surface area contributed by atoms with Gasteiger partial charge in [-0.1, -0.05) is 11.2 Å². The lowest BCUT2D eigenvalue weighted by Crippen LogP contribution is -2.20. The van der Waals surface area contributed by atoms with Crippen LogP contribution in [0.15, 0.2) is 34.0 Å². The first-order chi connectivity index (χ1) is 9.95. The summed E-state index contributed by atoms with van der Waals surface area (Å²) in [4.78, 5) is 12.1. The van der Waals surface area contributed by atoms with E-state index in [1.165, 1.54) is 29.1 Å². The second-order valence-electron chi connectivity index (χ2n) is 4.07. The van der Waals surface area contributed by atoms with E-state index in [1.54, 1.807) is 7.05 Å². The van der Waals surface area contributed by atoms with Gasteiger partial charge in [0.15, 0.2) is 5.84 Å². The summed E-state index contributed by atoms with van der Waals surface area (Å²) in [6.07, 6.45) is 1.32. The van der Waals surface area contributed by atoms with Gasteiger partial charge in [0.2, 0.25) is 0 Å². The van der Waals surface area contributed by atoms with Gasteiger partial charge in [0.05, 0.1) is 21.8 Å². The van der Waals surface area contributed by atoms with Crippen LogP contribution in [0.1, 0.15) is 15.9 Å². The van der Waals surface area contributed by atoms with Crippen LogP contribution in [0.25, 0.3) is 0 Å². The predicted molar refractivity (Wildman–Crippen MR) is 77.8 cm³/mol. The summed E-state index contributed by atoms with van der Waals surface area (Å²) >= 11 is 3.01. The molecule has 1 aromatic carbocycles. The number of nitrogens with one attached hydrogen (secondary N) is 1. The van der Waals surface area contributed by atoms with E-state index in [4.69, 9.17) is 10.9 Å². The molecule has 0 aliphatic rings. The summed E-state index contributed by atoms with van der Waals surface area (Å²) in [6, 6.07) is 4.36. The number of nitrogens with zero attached hydrogens (tertiary/aromatic N) is 3. The molecule has 9 heteroatoms. The molecule has 1 aromatic heterocycles. The molecule has 4 N–H and O–H groups in total. The zero-order valence-electron chi connectivity index (χ0n) is 10.8. The van der Waals surface area contributed by atoms with Gasteiger partial charge in [0.1, 0.15) is 11.6 Å². The first-order valence-electron chi connectivity index (χ1n) is 5.71. The van der Waals surface area contributed by atoms with E-state index in [9.17, 15) is 9.18 Å². The second kappa shape index (κ2) is 5.92. The number of aryl methyl sites for hydroxylation is 1. The SMILES string of the molecule is Cn1ncc(/C(N)=N/O)c1NC(=O)c1cccc(Br)c1F. The van der Waals surface area contributed by atoms with E-state index in [-0.39, 0.29) is 27.3 Å². The van der Waals surface area contributed by atoms with E-state index in [1.807, 2.05) is 0 Å². The average Bonchev–Trinajstić information content (AvgIpc) is 2.82. The van der Waals surface area contributed by atoms with Crippen molar-refractivity contribution in [2.75, 3.05) is 5.32 Å². The maximum atomic E-state index is 13.9. The van der Waals surface area contributed by atoms with Crippen molar-refractivity contribution < 1.29 is 14.4 Å². The van der Waals surface area contributed by atoms with Crippen molar-refractivity contribution in [3.63, 3.8) is 0 Å². The van der Waals surface area contributed by atoms with E-state index < -0.39 is 11.7 Å². The molecule has 110 valence electrons. The van der Waals surface area contributed by atoms with E-state index in [0.29, 0.717) is 0 Å². The quantitative estimate of drug-likeness (QED) is 0.337. The van der Waals surface area contributed by atoms with Gasteiger partial charge in [-0.3, -0.25) is 9.48 Å². The Morgan fingerprint density at radius 3 is 2.90 bits per heavy atom. The lowest BCUT2D eigenvalue weighted by Gasteiger charge is -2.09. The number of hydrogen-bond acceptors (Lipinski definition) is 4. The highest BCUT2D eigenvalue weighted by atomic mass is 79.9. The molecule has 0 bridgehead atoms. The van der Waals surface area contributed by atoms with Gasteiger partial charge in [-0.2, -0.15) is 5.10 Å². The maximum absolute atomic E-state index is 13.9. The molecule has 0 aliphatic carbocycles. The van der Waals surface area contributed by atoms with Crippen LogP contribution in [-0.4, -0.2) is 26.7 Å². The number of halogens is 2. The number of rotatable bonds is 3. The van der Waals surface area contributed by atoms with E-state index >= 15 is 0 Å². The fraction of sp³-hybridized carbons (Fsp3) is 0.0833. The van der Waals surface area contributed by atoms with Gasteiger partial charge in [-0.15, -0.1) is 0 Å². The highest BCUT2D eigenvalue weighted by Gasteiger charge is 2.19. The fourth-order valence-electron chi connectivity index (χ4n) is 1.68. The van der Waals surface area contributed by atoms with Gasteiger partial charge in [-0.25, -0.2) is 4.39 Å². The molecule has 0 unspecified atom stereocenters. The molecule has 0 fully saturated rings. The third-order valence-corrected chi connectivity index (χ3v) is 3.36. The van der Waals surface area contributed by atoms with Crippen molar-refractivity contribution in [1.29, 1.82) is 0 Å². The van der Waals surface area contributed by atoms with Crippen molar-refractivity contribution in [3.8, 4) is 0 Å². The summed E-state index contributed by atoms with van der Waals surface area (Å²) in [5.41, 5.74) is 5.57. The number of amidine groups is 1. The smallest absolute Gasteiger partial charge is 0.259 e. The first-order valence-corrected chi connectivity index (χ1v) is 6.50. The Bertz CT molecular complexity index is 728. The lowest BCUT2D eigenvalue weighted by molar-refractivity contribution is 0.102. The van der Waals surface area contributed by atoms with Crippen LogP contribution in [-0.2, 0) is 7.05 Å². The lowest BCUT2D eigenvalue weighted by atomic mass is 10.2. The number of carbonyl (C=O) groups is 1.